The molecule has 3 rings (SSSR count). The lowest BCUT2D eigenvalue weighted by molar-refractivity contribution is -0.127. The predicted molar refractivity (Wildman–Crippen MR) is 120 cm³/mol. The zero-order valence-corrected chi connectivity index (χ0v) is 18.3. The van der Waals surface area contributed by atoms with E-state index in [1.807, 2.05) is 32.9 Å². The molecule has 30 heavy (non-hydrogen) atoms. The Morgan fingerprint density at radius 2 is 1.90 bits per heavy atom. The molecule has 0 atom stereocenters. The number of thioether (sulfide) groups is 1. The van der Waals surface area contributed by atoms with Crippen LogP contribution in [-0.4, -0.2) is 34.6 Å². The number of nitrogens with one attached hydrogen (secondary N) is 1. The highest BCUT2D eigenvalue weighted by Gasteiger charge is 2.36. The van der Waals surface area contributed by atoms with Gasteiger partial charge in [-0.3, -0.25) is 19.3 Å². The van der Waals surface area contributed by atoms with E-state index in [4.69, 9.17) is 16.3 Å². The van der Waals surface area contributed by atoms with Gasteiger partial charge in [0, 0.05) is 5.69 Å². The van der Waals surface area contributed by atoms with E-state index in [0.717, 1.165) is 22.2 Å². The molecule has 3 amide bonds. The van der Waals surface area contributed by atoms with Crippen LogP contribution in [0.15, 0.2) is 47.4 Å². The number of amides is 3. The van der Waals surface area contributed by atoms with Crippen molar-refractivity contribution in [2.45, 2.75) is 26.9 Å². The van der Waals surface area contributed by atoms with Crippen LogP contribution in [0.25, 0.3) is 6.08 Å². The van der Waals surface area contributed by atoms with Crippen LogP contribution in [-0.2, 0) is 9.59 Å². The number of halogens is 1. The maximum atomic E-state index is 12.6. The quantitative estimate of drug-likeness (QED) is 0.626. The number of carbonyl (C=O) groups excluding carboxylic acids is 3. The molecule has 1 fully saturated rings. The van der Waals surface area contributed by atoms with Crippen molar-refractivity contribution in [3.63, 3.8) is 0 Å². The smallest absolute Gasteiger partial charge is 0.294 e. The second-order valence-electron chi connectivity index (χ2n) is 7.04. The van der Waals surface area contributed by atoms with Crippen molar-refractivity contribution in [2.24, 2.45) is 0 Å². The maximum Gasteiger partial charge on any atom is 0.294 e. The summed E-state index contributed by atoms with van der Waals surface area (Å²) in [6.07, 6.45) is 1.56. The van der Waals surface area contributed by atoms with Crippen molar-refractivity contribution in [3.8, 4) is 5.75 Å². The van der Waals surface area contributed by atoms with Gasteiger partial charge in [0.05, 0.1) is 16.0 Å². The lowest BCUT2D eigenvalue weighted by Gasteiger charge is -2.12. The van der Waals surface area contributed by atoms with E-state index in [1.165, 1.54) is 0 Å². The van der Waals surface area contributed by atoms with Crippen LogP contribution < -0.4 is 10.1 Å². The van der Waals surface area contributed by atoms with E-state index in [0.29, 0.717) is 22.0 Å². The summed E-state index contributed by atoms with van der Waals surface area (Å²) in [6, 6.07) is 12.4. The summed E-state index contributed by atoms with van der Waals surface area (Å²) in [4.78, 5) is 38.3. The third-order valence-corrected chi connectivity index (χ3v) is 5.33. The topological polar surface area (TPSA) is 75.7 Å². The molecular weight excluding hydrogens is 424 g/mol. The molecule has 0 unspecified atom stereocenters. The van der Waals surface area contributed by atoms with Crippen LogP contribution in [0.2, 0.25) is 5.02 Å². The average molecular weight is 445 g/mol. The molecule has 1 saturated heterocycles. The van der Waals surface area contributed by atoms with Crippen molar-refractivity contribution in [2.75, 3.05) is 11.9 Å². The van der Waals surface area contributed by atoms with Crippen molar-refractivity contribution >= 4 is 52.2 Å². The minimum atomic E-state index is -0.511. The molecule has 156 valence electrons. The van der Waals surface area contributed by atoms with Gasteiger partial charge in [0.15, 0.2) is 0 Å². The summed E-state index contributed by atoms with van der Waals surface area (Å²) in [6.45, 7) is 5.39. The zero-order chi connectivity index (χ0) is 21.8. The van der Waals surface area contributed by atoms with Crippen molar-refractivity contribution in [1.29, 1.82) is 0 Å². The predicted octanol–water partition coefficient (Wildman–Crippen LogP) is 5.11. The summed E-state index contributed by atoms with van der Waals surface area (Å²) in [5.74, 6) is -0.409. The second-order valence-corrected chi connectivity index (χ2v) is 8.44. The van der Waals surface area contributed by atoms with Gasteiger partial charge in [-0.2, -0.15) is 0 Å². The van der Waals surface area contributed by atoms with E-state index in [2.05, 4.69) is 5.32 Å². The zero-order valence-electron chi connectivity index (χ0n) is 16.8. The second kappa shape index (κ2) is 9.36. The molecule has 1 N–H and O–H groups in total. The van der Waals surface area contributed by atoms with E-state index >= 15 is 0 Å². The minimum absolute atomic E-state index is 0.0177. The summed E-state index contributed by atoms with van der Waals surface area (Å²) in [5.41, 5.74) is 2.32. The Hall–Kier alpha value is -2.77. The first kappa shape index (κ1) is 21.9. The van der Waals surface area contributed by atoms with Crippen LogP contribution in [0.4, 0.5) is 10.5 Å². The molecule has 0 spiro atoms. The van der Waals surface area contributed by atoms with Gasteiger partial charge in [0.2, 0.25) is 5.91 Å². The molecule has 2 aromatic carbocycles. The van der Waals surface area contributed by atoms with Gasteiger partial charge in [-0.05, 0) is 68.4 Å². The Kier molecular flexibility index (Phi) is 6.84. The Labute approximate surface area is 184 Å². The monoisotopic (exact) mass is 444 g/mol. The summed E-state index contributed by atoms with van der Waals surface area (Å²) >= 11 is 7.02. The highest BCUT2D eigenvalue weighted by molar-refractivity contribution is 8.18. The Bertz CT molecular complexity index is 1020. The first-order chi connectivity index (χ1) is 14.2. The van der Waals surface area contributed by atoms with Gasteiger partial charge in [-0.15, -0.1) is 0 Å². The summed E-state index contributed by atoms with van der Waals surface area (Å²) in [7, 11) is 0. The average Bonchev–Trinajstić information content (AvgIpc) is 2.93. The molecule has 0 bridgehead atoms. The number of nitrogens with zero attached hydrogens (tertiary/aromatic N) is 1. The molecule has 0 radical (unpaired) electrons. The standard InChI is InChI=1S/C22H21ClN2O4S/c1-13(2)29-18-9-6-15(10-17(18)23)11-19-21(27)25(22(28)30-19)12-20(26)24-16-7-4-14(3)5-8-16/h4-11,13H,12H2,1-3H3,(H,24,26)/b19-11-. The van der Waals surface area contributed by atoms with Crippen molar-refractivity contribution < 1.29 is 19.1 Å². The number of carbonyl (C=O) groups is 3. The normalized spacial score (nSPS) is 15.2. The van der Waals surface area contributed by atoms with E-state index in [1.54, 1.807) is 36.4 Å². The van der Waals surface area contributed by atoms with Crippen LogP contribution in [0, 0.1) is 6.92 Å². The molecule has 6 nitrogen and oxygen atoms in total. The van der Waals surface area contributed by atoms with E-state index < -0.39 is 17.1 Å². The number of anilines is 1. The van der Waals surface area contributed by atoms with E-state index in [-0.39, 0.29) is 17.6 Å². The number of hydrogen-bond acceptors (Lipinski definition) is 5. The lowest BCUT2D eigenvalue weighted by Crippen LogP contribution is -2.36. The molecule has 8 heteroatoms. The van der Waals surface area contributed by atoms with Crippen LogP contribution in [0.1, 0.15) is 25.0 Å². The molecule has 0 saturated carbocycles. The first-order valence-corrected chi connectivity index (χ1v) is 10.5. The van der Waals surface area contributed by atoms with Gasteiger partial charge >= 0.3 is 0 Å². The Morgan fingerprint density at radius 1 is 1.20 bits per heavy atom. The SMILES string of the molecule is Cc1ccc(NC(=O)CN2C(=O)S/C(=C\c3ccc(OC(C)C)c(Cl)c3)C2=O)cc1. The number of ether oxygens (including phenoxy) is 1. The van der Waals surface area contributed by atoms with Gasteiger partial charge < -0.3 is 10.1 Å². The molecule has 2 aromatic rings. The molecule has 1 heterocycles. The fraction of sp³-hybridized carbons (Fsp3) is 0.227. The van der Waals surface area contributed by atoms with Gasteiger partial charge in [0.1, 0.15) is 12.3 Å². The maximum absolute atomic E-state index is 12.6. The number of aryl methyl sites for hydroxylation is 1. The highest BCUT2D eigenvalue weighted by atomic mass is 35.5. The third-order valence-electron chi connectivity index (χ3n) is 4.13. The molecule has 0 aliphatic carbocycles. The van der Waals surface area contributed by atoms with Gasteiger partial charge in [-0.25, -0.2) is 0 Å². The van der Waals surface area contributed by atoms with Gasteiger partial charge in [-0.1, -0.05) is 35.4 Å². The molecule has 1 aliphatic heterocycles. The Balaban J connectivity index is 1.68. The number of hydrogen-bond donors (Lipinski definition) is 1. The third kappa shape index (κ3) is 5.43. The lowest BCUT2D eigenvalue weighted by atomic mass is 10.2. The fourth-order valence-corrected chi connectivity index (χ4v) is 3.80. The fourth-order valence-electron chi connectivity index (χ4n) is 2.73. The van der Waals surface area contributed by atoms with E-state index in [9.17, 15) is 14.4 Å². The van der Waals surface area contributed by atoms with Crippen LogP contribution in [0.5, 0.6) is 5.75 Å². The van der Waals surface area contributed by atoms with Crippen LogP contribution in [0.3, 0.4) is 0 Å². The number of benzene rings is 2. The highest BCUT2D eigenvalue weighted by Crippen LogP contribution is 2.34. The largest absolute Gasteiger partial charge is 0.489 e. The van der Waals surface area contributed by atoms with Crippen molar-refractivity contribution in [3.05, 3.63) is 63.5 Å². The summed E-state index contributed by atoms with van der Waals surface area (Å²) < 4.78 is 5.59. The van der Waals surface area contributed by atoms with Crippen LogP contribution >= 0.6 is 23.4 Å². The Morgan fingerprint density at radius 3 is 2.53 bits per heavy atom. The van der Waals surface area contributed by atoms with Gasteiger partial charge in [0.25, 0.3) is 11.1 Å². The van der Waals surface area contributed by atoms with Crippen molar-refractivity contribution in [1.82, 2.24) is 4.90 Å². The minimum Gasteiger partial charge on any atom is -0.489 e. The number of rotatable bonds is 6. The molecule has 1 aliphatic rings. The summed E-state index contributed by atoms with van der Waals surface area (Å²) in [5, 5.41) is 2.61. The molecular formula is C22H21ClN2O4S. The number of imide groups is 1. The first-order valence-electron chi connectivity index (χ1n) is 9.31. The molecule has 0 aromatic heterocycles.